The summed E-state index contributed by atoms with van der Waals surface area (Å²) in [6.07, 6.45) is 0. The number of carbonyl (C=O) groups excluding carboxylic acids is 1. The minimum absolute atomic E-state index is 0.244. The topological polar surface area (TPSA) is 70.8 Å². The first-order chi connectivity index (χ1) is 12.4. The quantitative estimate of drug-likeness (QED) is 0.708. The summed E-state index contributed by atoms with van der Waals surface area (Å²) in [6, 6.07) is 14.2. The van der Waals surface area contributed by atoms with Crippen molar-refractivity contribution in [1.82, 2.24) is 4.90 Å². The van der Waals surface area contributed by atoms with E-state index < -0.39 is 10.0 Å². The number of amides is 1. The van der Waals surface area contributed by atoms with Gasteiger partial charge in [-0.15, -0.1) is 0 Å². The molecule has 0 atom stereocenters. The van der Waals surface area contributed by atoms with Gasteiger partial charge in [0.05, 0.1) is 17.1 Å². The molecule has 7 heteroatoms. The maximum Gasteiger partial charge on any atom is 0.265 e. The Morgan fingerprint density at radius 3 is 2.54 bits per heavy atom. The lowest BCUT2D eigenvalue weighted by atomic mass is 10.1. The van der Waals surface area contributed by atoms with Crippen LogP contribution >= 0.6 is 0 Å². The number of hydrogen-bond acceptors (Lipinski definition) is 4. The summed E-state index contributed by atoms with van der Waals surface area (Å²) in [6.45, 7) is 1.88. The molecule has 26 heavy (non-hydrogen) atoms. The molecule has 3 aromatic rings. The van der Waals surface area contributed by atoms with Crippen molar-refractivity contribution in [1.29, 1.82) is 0 Å². The number of benzene rings is 2. The molecule has 0 bridgehead atoms. The number of likely N-dealkylation sites (N-methyl/N-ethyl adjacent to an activating group) is 1. The summed E-state index contributed by atoms with van der Waals surface area (Å²) in [5, 5.41) is 1.52. The Morgan fingerprint density at radius 1 is 1.12 bits per heavy atom. The molecule has 0 unspecified atom stereocenters. The zero-order chi connectivity index (χ0) is 18.5. The number of anilines is 1. The molecular weight excluding hydrogens is 352 g/mol. The Kier molecular flexibility index (Phi) is 3.77. The van der Waals surface area contributed by atoms with E-state index in [-0.39, 0.29) is 23.9 Å². The second-order valence-electron chi connectivity index (χ2n) is 6.41. The van der Waals surface area contributed by atoms with Crippen LogP contribution in [0, 0.1) is 6.92 Å². The number of carbonyl (C=O) groups is 1. The molecule has 1 aromatic heterocycles. The van der Waals surface area contributed by atoms with E-state index in [0.29, 0.717) is 16.8 Å². The van der Waals surface area contributed by atoms with E-state index in [1.807, 2.05) is 31.2 Å². The summed E-state index contributed by atoms with van der Waals surface area (Å²) >= 11 is 0. The van der Waals surface area contributed by atoms with Gasteiger partial charge in [0.25, 0.3) is 10.0 Å². The minimum atomic E-state index is -3.73. The summed E-state index contributed by atoms with van der Waals surface area (Å²) < 4.78 is 32.5. The number of hydrogen-bond donors (Lipinski definition) is 0. The molecule has 1 amide bonds. The van der Waals surface area contributed by atoms with Crippen LogP contribution in [0.3, 0.4) is 0 Å². The van der Waals surface area contributed by atoms with E-state index >= 15 is 0 Å². The standard InChI is InChI=1S/C19H18N2O4S/c1-13-9-10-15(25-13)11-20(2)18(22)12-21-16-7-3-5-14-6-4-8-17(19(14)16)26(21,23)24/h3-10H,11-12H2,1-2H3. The number of rotatable bonds is 4. The van der Waals surface area contributed by atoms with Gasteiger partial charge in [-0.2, -0.15) is 0 Å². The molecule has 0 aliphatic carbocycles. The maximum absolute atomic E-state index is 12.9. The van der Waals surface area contributed by atoms with Crippen molar-refractivity contribution in [2.24, 2.45) is 0 Å². The molecular formula is C19H18N2O4S. The first kappa shape index (κ1) is 16.7. The highest BCUT2D eigenvalue weighted by Crippen LogP contribution is 2.41. The Hall–Kier alpha value is -2.80. The summed E-state index contributed by atoms with van der Waals surface area (Å²) in [5.74, 6) is 1.13. The van der Waals surface area contributed by atoms with Crippen molar-refractivity contribution in [2.45, 2.75) is 18.4 Å². The van der Waals surface area contributed by atoms with Crippen LogP contribution in [0.25, 0.3) is 10.8 Å². The molecule has 134 valence electrons. The second-order valence-corrected chi connectivity index (χ2v) is 8.24. The first-order valence-corrected chi connectivity index (χ1v) is 9.66. The molecule has 4 rings (SSSR count). The van der Waals surface area contributed by atoms with E-state index in [1.165, 1.54) is 9.21 Å². The largest absolute Gasteiger partial charge is 0.464 e. The smallest absolute Gasteiger partial charge is 0.265 e. The van der Waals surface area contributed by atoms with Gasteiger partial charge in [-0.1, -0.05) is 24.3 Å². The predicted octanol–water partition coefficient (Wildman–Crippen LogP) is 2.91. The van der Waals surface area contributed by atoms with Gasteiger partial charge in [0, 0.05) is 12.4 Å². The van der Waals surface area contributed by atoms with E-state index in [1.54, 1.807) is 31.3 Å². The highest BCUT2D eigenvalue weighted by atomic mass is 32.2. The van der Waals surface area contributed by atoms with Gasteiger partial charge in [0.2, 0.25) is 5.91 Å². The van der Waals surface area contributed by atoms with Crippen LogP contribution in [0.1, 0.15) is 11.5 Å². The third-order valence-electron chi connectivity index (χ3n) is 4.57. The molecule has 1 aliphatic rings. The zero-order valence-electron chi connectivity index (χ0n) is 14.5. The third-order valence-corrected chi connectivity index (χ3v) is 6.38. The fraction of sp³-hybridized carbons (Fsp3) is 0.211. The van der Waals surface area contributed by atoms with E-state index in [9.17, 15) is 13.2 Å². The minimum Gasteiger partial charge on any atom is -0.464 e. The predicted molar refractivity (Wildman–Crippen MR) is 98.4 cm³/mol. The molecule has 2 aromatic carbocycles. The third kappa shape index (κ3) is 2.55. The van der Waals surface area contributed by atoms with Gasteiger partial charge < -0.3 is 9.32 Å². The molecule has 0 radical (unpaired) electrons. The average molecular weight is 370 g/mol. The van der Waals surface area contributed by atoms with Gasteiger partial charge in [-0.25, -0.2) is 8.42 Å². The van der Waals surface area contributed by atoms with Crippen LogP contribution < -0.4 is 4.31 Å². The molecule has 2 heterocycles. The van der Waals surface area contributed by atoms with Crippen LogP contribution in [-0.4, -0.2) is 32.8 Å². The summed E-state index contributed by atoms with van der Waals surface area (Å²) in [4.78, 5) is 14.4. The number of nitrogens with zero attached hydrogens (tertiary/aromatic N) is 2. The molecule has 0 N–H and O–H groups in total. The second kappa shape index (κ2) is 5.88. The number of sulfonamides is 1. The van der Waals surface area contributed by atoms with Crippen LogP contribution in [0.2, 0.25) is 0 Å². The Labute approximate surface area is 151 Å². The van der Waals surface area contributed by atoms with Gasteiger partial charge in [0.1, 0.15) is 18.1 Å². The zero-order valence-corrected chi connectivity index (χ0v) is 15.3. The van der Waals surface area contributed by atoms with Crippen molar-refractivity contribution < 1.29 is 17.6 Å². The van der Waals surface area contributed by atoms with Crippen molar-refractivity contribution in [3.63, 3.8) is 0 Å². The highest BCUT2D eigenvalue weighted by Gasteiger charge is 2.37. The maximum atomic E-state index is 12.9. The van der Waals surface area contributed by atoms with E-state index in [0.717, 1.165) is 11.1 Å². The Bertz CT molecular complexity index is 1110. The Morgan fingerprint density at radius 2 is 1.85 bits per heavy atom. The van der Waals surface area contributed by atoms with Crippen LogP contribution in [0.15, 0.2) is 57.8 Å². The van der Waals surface area contributed by atoms with Crippen LogP contribution in [0.5, 0.6) is 0 Å². The SMILES string of the molecule is Cc1ccc(CN(C)C(=O)CN2c3cccc4cccc(c34)S2(=O)=O)o1. The fourth-order valence-corrected chi connectivity index (χ4v) is 4.92. The van der Waals surface area contributed by atoms with E-state index in [2.05, 4.69) is 0 Å². The lowest BCUT2D eigenvalue weighted by Crippen LogP contribution is -2.39. The van der Waals surface area contributed by atoms with E-state index in [4.69, 9.17) is 4.42 Å². The van der Waals surface area contributed by atoms with Crippen molar-refractivity contribution in [3.8, 4) is 0 Å². The number of furan rings is 1. The monoisotopic (exact) mass is 370 g/mol. The molecule has 0 saturated carbocycles. The van der Waals surface area contributed by atoms with Gasteiger partial charge in [-0.05, 0) is 36.6 Å². The van der Waals surface area contributed by atoms with Gasteiger partial charge in [0.15, 0.2) is 0 Å². The summed E-state index contributed by atoms with van der Waals surface area (Å²) in [5.41, 5.74) is 0.550. The molecule has 0 spiro atoms. The van der Waals surface area contributed by atoms with Crippen molar-refractivity contribution >= 4 is 32.4 Å². The normalized spacial score (nSPS) is 14.8. The van der Waals surface area contributed by atoms with Gasteiger partial charge >= 0.3 is 0 Å². The summed E-state index contributed by atoms with van der Waals surface area (Å²) in [7, 11) is -2.10. The first-order valence-electron chi connectivity index (χ1n) is 8.22. The van der Waals surface area contributed by atoms with Gasteiger partial charge in [-0.3, -0.25) is 9.10 Å². The van der Waals surface area contributed by atoms with Crippen LogP contribution in [0.4, 0.5) is 5.69 Å². The molecule has 0 saturated heterocycles. The fourth-order valence-electron chi connectivity index (χ4n) is 3.26. The molecule has 6 nitrogen and oxygen atoms in total. The lowest BCUT2D eigenvalue weighted by Gasteiger charge is -2.22. The molecule has 0 fully saturated rings. The molecule has 1 aliphatic heterocycles. The number of aryl methyl sites for hydroxylation is 1. The Balaban J connectivity index is 1.62. The average Bonchev–Trinajstić information content (AvgIpc) is 3.11. The van der Waals surface area contributed by atoms with Crippen molar-refractivity contribution in [3.05, 3.63) is 60.1 Å². The highest BCUT2D eigenvalue weighted by molar-refractivity contribution is 7.93. The lowest BCUT2D eigenvalue weighted by molar-refractivity contribution is -0.129. The van der Waals surface area contributed by atoms with Crippen molar-refractivity contribution in [2.75, 3.05) is 17.9 Å². The van der Waals surface area contributed by atoms with Crippen LogP contribution in [-0.2, 0) is 21.4 Å².